The molecule has 2 aliphatic carbocycles. The van der Waals surface area contributed by atoms with Crippen LogP contribution in [-0.4, -0.2) is 40.7 Å². The predicted octanol–water partition coefficient (Wildman–Crippen LogP) is 8.32. The zero-order valence-electron chi connectivity index (χ0n) is 27.5. The van der Waals surface area contributed by atoms with E-state index in [0.29, 0.717) is 68.0 Å². The van der Waals surface area contributed by atoms with Gasteiger partial charge in [0, 0.05) is 57.9 Å². The Morgan fingerprint density at radius 2 is 1.57 bits per heavy atom. The largest absolute Gasteiger partial charge is 0.490 e. The third-order valence-electron chi connectivity index (χ3n) is 9.02. The summed E-state index contributed by atoms with van der Waals surface area (Å²) < 4.78 is 13.6. The minimum Gasteiger partial charge on any atom is -0.490 e. The van der Waals surface area contributed by atoms with E-state index in [0.717, 1.165) is 32.6 Å². The quantitative estimate of drug-likeness (QED) is 0.237. The van der Waals surface area contributed by atoms with Crippen molar-refractivity contribution >= 4 is 33.5 Å². The molecule has 0 atom stereocenters. The number of benzene rings is 2. The second-order valence-corrected chi connectivity index (χ2v) is 15.1. The number of carbonyl (C=O) groups excluding carboxylic acids is 2. The van der Waals surface area contributed by atoms with Crippen LogP contribution in [0.25, 0.3) is 0 Å². The molecule has 0 saturated carbocycles. The highest BCUT2D eigenvalue weighted by atomic mass is 79.9. The molecule has 0 bridgehead atoms. The maximum atomic E-state index is 14.2. The van der Waals surface area contributed by atoms with Gasteiger partial charge in [-0.15, -0.1) is 6.58 Å². The van der Waals surface area contributed by atoms with E-state index in [2.05, 4.69) is 50.2 Å². The molecule has 8 heteroatoms. The fourth-order valence-electron chi connectivity index (χ4n) is 7.18. The average Bonchev–Trinajstić information content (AvgIpc) is 2.95. The molecule has 0 fully saturated rings. The van der Waals surface area contributed by atoms with Crippen LogP contribution in [0.5, 0.6) is 11.5 Å². The molecule has 0 amide bonds. The van der Waals surface area contributed by atoms with E-state index >= 15 is 0 Å². The first-order valence-corrected chi connectivity index (χ1v) is 16.8. The van der Waals surface area contributed by atoms with Crippen LogP contribution in [0, 0.1) is 10.8 Å². The van der Waals surface area contributed by atoms with Gasteiger partial charge in [0.15, 0.2) is 23.1 Å². The number of hydrogen-bond donors (Lipinski definition) is 1. The van der Waals surface area contributed by atoms with E-state index in [1.807, 2.05) is 54.3 Å². The molecule has 0 aromatic heterocycles. The van der Waals surface area contributed by atoms with Crippen LogP contribution in [0.4, 0.5) is 0 Å². The number of nitrogens with zero attached hydrogens (tertiary/aromatic N) is 1. The van der Waals surface area contributed by atoms with Crippen LogP contribution in [0.15, 0.2) is 76.1 Å². The number of carbonyl (C=O) groups is 3. The fourth-order valence-corrected chi connectivity index (χ4v) is 7.44. The van der Waals surface area contributed by atoms with E-state index in [1.165, 1.54) is 0 Å². The van der Waals surface area contributed by atoms with Crippen LogP contribution in [0.1, 0.15) is 89.3 Å². The van der Waals surface area contributed by atoms with Crippen LogP contribution < -0.4 is 9.47 Å². The van der Waals surface area contributed by atoms with Gasteiger partial charge in [-0.05, 0) is 66.3 Å². The van der Waals surface area contributed by atoms with E-state index < -0.39 is 11.9 Å². The number of carboxylic acid groups (broad SMARTS) is 1. The topological polar surface area (TPSA) is 93.1 Å². The second kappa shape index (κ2) is 13.2. The maximum Gasteiger partial charge on any atom is 0.305 e. The van der Waals surface area contributed by atoms with Gasteiger partial charge in [-0.3, -0.25) is 14.4 Å². The number of aliphatic carboxylic acids is 1. The number of hydrogen-bond acceptors (Lipinski definition) is 6. The summed E-state index contributed by atoms with van der Waals surface area (Å²) in [5, 5.41) is 9.66. The van der Waals surface area contributed by atoms with Gasteiger partial charge < -0.3 is 19.5 Å². The second-order valence-electron chi connectivity index (χ2n) is 14.2. The molecule has 5 rings (SSSR count). The van der Waals surface area contributed by atoms with Gasteiger partial charge in [-0.2, -0.15) is 0 Å². The number of ether oxygens (including phenoxy) is 2. The van der Waals surface area contributed by atoms with Crippen molar-refractivity contribution in [1.29, 1.82) is 0 Å². The van der Waals surface area contributed by atoms with Crippen LogP contribution in [0.2, 0.25) is 0 Å². The Kier molecular flexibility index (Phi) is 9.69. The Morgan fingerprint density at radius 3 is 2.09 bits per heavy atom. The molecule has 244 valence electrons. The molecule has 46 heavy (non-hydrogen) atoms. The number of allylic oxidation sites excluding steroid dienone is 5. The Hall–Kier alpha value is -3.65. The van der Waals surface area contributed by atoms with Crippen LogP contribution >= 0.6 is 15.9 Å². The summed E-state index contributed by atoms with van der Waals surface area (Å²) in [7, 11) is 0. The van der Waals surface area contributed by atoms with Crippen molar-refractivity contribution in [2.75, 3.05) is 13.2 Å². The lowest BCUT2D eigenvalue weighted by atomic mass is 9.63. The molecule has 3 aliphatic rings. The van der Waals surface area contributed by atoms with Crippen molar-refractivity contribution in [2.45, 2.75) is 85.7 Å². The van der Waals surface area contributed by atoms with E-state index in [1.54, 1.807) is 0 Å². The molecule has 0 spiro atoms. The average molecular weight is 691 g/mol. The number of rotatable bonds is 11. The Labute approximate surface area is 280 Å². The molecule has 1 aliphatic heterocycles. The smallest absolute Gasteiger partial charge is 0.305 e. The highest BCUT2D eigenvalue weighted by Crippen LogP contribution is 2.55. The first kappa shape index (κ1) is 33.7. The number of carboxylic acids is 1. The SMILES string of the molecule is C=CCc1cc(C2C3=C(CC(C)(C)CC3=O)N(CCC(=O)O)C3=C2C(=O)CC(C)(C)C3)cc(OCC)c1OCc1ccc(Br)cc1. The van der Waals surface area contributed by atoms with Crippen molar-refractivity contribution in [1.82, 2.24) is 4.90 Å². The zero-order chi connectivity index (χ0) is 33.4. The number of halogens is 1. The molecular formula is C38H44BrNO6. The highest BCUT2D eigenvalue weighted by molar-refractivity contribution is 9.10. The van der Waals surface area contributed by atoms with Gasteiger partial charge in [0.05, 0.1) is 13.0 Å². The zero-order valence-corrected chi connectivity index (χ0v) is 29.1. The Morgan fingerprint density at radius 1 is 0.978 bits per heavy atom. The third kappa shape index (κ3) is 7.02. The summed E-state index contributed by atoms with van der Waals surface area (Å²) in [4.78, 5) is 42.2. The summed E-state index contributed by atoms with van der Waals surface area (Å²) >= 11 is 3.48. The molecule has 7 nitrogen and oxygen atoms in total. The van der Waals surface area contributed by atoms with Gasteiger partial charge >= 0.3 is 5.97 Å². The van der Waals surface area contributed by atoms with Crippen molar-refractivity contribution in [3.8, 4) is 11.5 Å². The fraction of sp³-hybridized carbons (Fsp3) is 0.447. The summed E-state index contributed by atoms with van der Waals surface area (Å²) in [6, 6.07) is 11.9. The minimum atomic E-state index is -0.914. The standard InChI is InChI=1S/C38H44BrNO6/c1-7-9-24-16-25(17-31(45-8-2)36(24)46-22-23-10-12-26(39)13-11-23)33-34-27(18-37(3,4)20-29(34)41)40(15-14-32(43)44)28-19-38(5,6)21-30(42)35(28)33/h7,10-13,16-17,33H,1,8-9,14-15,18-22H2,2-6H3,(H,43,44). The summed E-state index contributed by atoms with van der Waals surface area (Å²) in [5.74, 6) is -0.328. The molecule has 2 aromatic rings. The molecule has 0 saturated heterocycles. The summed E-state index contributed by atoms with van der Waals surface area (Å²) in [5.41, 5.74) is 4.95. The van der Waals surface area contributed by atoms with E-state index in [9.17, 15) is 19.5 Å². The lowest BCUT2D eigenvalue weighted by Crippen LogP contribution is -2.45. The maximum absolute atomic E-state index is 14.2. The predicted molar refractivity (Wildman–Crippen MR) is 182 cm³/mol. The third-order valence-corrected chi connectivity index (χ3v) is 9.55. The lowest BCUT2D eigenvalue weighted by molar-refractivity contribution is -0.137. The number of Topliss-reactive ketones (excluding diaryl/α,β-unsaturated/α-hetero) is 2. The molecular weight excluding hydrogens is 646 g/mol. The van der Waals surface area contributed by atoms with Gasteiger partial charge in [0.2, 0.25) is 0 Å². The van der Waals surface area contributed by atoms with Gasteiger partial charge in [-0.25, -0.2) is 0 Å². The first-order valence-electron chi connectivity index (χ1n) is 16.0. The van der Waals surface area contributed by atoms with Gasteiger partial charge in [0.25, 0.3) is 0 Å². The van der Waals surface area contributed by atoms with Gasteiger partial charge in [0.1, 0.15) is 6.61 Å². The summed E-state index contributed by atoms with van der Waals surface area (Å²) in [6.07, 6.45) is 4.15. The molecule has 2 aromatic carbocycles. The normalized spacial score (nSPS) is 19.1. The molecule has 1 N–H and O–H groups in total. The van der Waals surface area contributed by atoms with Crippen molar-refractivity contribution in [3.05, 3.63) is 92.8 Å². The van der Waals surface area contributed by atoms with E-state index in [4.69, 9.17) is 9.47 Å². The Bertz CT molecular complexity index is 1580. The van der Waals surface area contributed by atoms with Crippen LogP contribution in [0.3, 0.4) is 0 Å². The first-order chi connectivity index (χ1) is 21.7. The monoisotopic (exact) mass is 689 g/mol. The summed E-state index contributed by atoms with van der Waals surface area (Å²) in [6.45, 7) is 15.2. The Balaban J connectivity index is 1.71. The van der Waals surface area contributed by atoms with Crippen LogP contribution in [-0.2, 0) is 27.4 Å². The van der Waals surface area contributed by atoms with Crippen molar-refractivity contribution < 1.29 is 29.0 Å². The lowest BCUT2D eigenvalue weighted by Gasteiger charge is -2.49. The minimum absolute atomic E-state index is 0.000413. The molecule has 0 radical (unpaired) electrons. The van der Waals surface area contributed by atoms with Gasteiger partial charge in [-0.1, -0.05) is 67.9 Å². The van der Waals surface area contributed by atoms with Crippen molar-refractivity contribution in [3.63, 3.8) is 0 Å². The molecule has 0 unspecified atom stereocenters. The van der Waals surface area contributed by atoms with Crippen molar-refractivity contribution in [2.24, 2.45) is 10.8 Å². The van der Waals surface area contributed by atoms with E-state index in [-0.39, 0.29) is 35.4 Å². The number of ketones is 2. The highest BCUT2D eigenvalue weighted by Gasteiger charge is 2.49. The molecule has 1 heterocycles.